The van der Waals surface area contributed by atoms with Gasteiger partial charge in [0.25, 0.3) is 0 Å². The lowest BCUT2D eigenvalue weighted by molar-refractivity contribution is 0.468. The number of hydrogen-bond donors (Lipinski definition) is 2. The Balaban J connectivity index is 2.22. The third-order valence-corrected chi connectivity index (χ3v) is 4.48. The predicted molar refractivity (Wildman–Crippen MR) is 72.9 cm³/mol. The van der Waals surface area contributed by atoms with E-state index in [1.807, 2.05) is 12.1 Å². The average molecular weight is 269 g/mol. The molecule has 0 aliphatic heterocycles. The highest BCUT2D eigenvalue weighted by Gasteiger charge is 2.23. The van der Waals surface area contributed by atoms with Crippen LogP contribution in [0.15, 0.2) is 12.1 Å². The number of nitrogens with two attached hydrogens (primary N) is 1. The van der Waals surface area contributed by atoms with Crippen LogP contribution in [0.4, 0.5) is 0 Å². The highest BCUT2D eigenvalue weighted by Crippen LogP contribution is 2.38. The molecule has 3 N–H and O–H groups in total. The SMILES string of the molecule is NC[C@H]1CCc2[nH]c3ccc(Cl)c(Cl)c3c2C1. The van der Waals surface area contributed by atoms with E-state index >= 15 is 0 Å². The van der Waals surface area contributed by atoms with Crippen molar-refractivity contribution in [2.75, 3.05) is 6.54 Å². The van der Waals surface area contributed by atoms with Gasteiger partial charge in [0.1, 0.15) is 0 Å². The lowest BCUT2D eigenvalue weighted by Crippen LogP contribution is -2.21. The average Bonchev–Trinajstić information content (AvgIpc) is 2.71. The summed E-state index contributed by atoms with van der Waals surface area (Å²) in [5.41, 5.74) is 9.47. The summed E-state index contributed by atoms with van der Waals surface area (Å²) < 4.78 is 0. The van der Waals surface area contributed by atoms with Crippen molar-refractivity contribution < 1.29 is 0 Å². The third kappa shape index (κ3) is 1.75. The van der Waals surface area contributed by atoms with Crippen LogP contribution in [0.2, 0.25) is 10.0 Å². The molecule has 0 saturated heterocycles. The topological polar surface area (TPSA) is 41.8 Å². The second-order valence-electron chi connectivity index (χ2n) is 4.71. The van der Waals surface area contributed by atoms with Gasteiger partial charge in [0, 0.05) is 16.6 Å². The first-order chi connectivity index (χ1) is 8.20. The van der Waals surface area contributed by atoms with E-state index in [1.54, 1.807) is 0 Å². The first-order valence-electron chi connectivity index (χ1n) is 5.88. The number of fused-ring (bicyclic) bond motifs is 3. The molecule has 0 saturated carbocycles. The van der Waals surface area contributed by atoms with Gasteiger partial charge in [0.05, 0.1) is 10.0 Å². The zero-order valence-corrected chi connectivity index (χ0v) is 10.9. The summed E-state index contributed by atoms with van der Waals surface area (Å²) in [5.74, 6) is 0.566. The second kappa shape index (κ2) is 4.20. The molecule has 4 heteroatoms. The highest BCUT2D eigenvalue weighted by molar-refractivity contribution is 6.45. The number of hydrogen-bond acceptors (Lipinski definition) is 1. The molecule has 1 heterocycles. The van der Waals surface area contributed by atoms with Gasteiger partial charge in [0.15, 0.2) is 0 Å². The Morgan fingerprint density at radius 1 is 1.35 bits per heavy atom. The first kappa shape index (κ1) is 11.4. The minimum absolute atomic E-state index is 0.566. The molecule has 3 rings (SSSR count). The number of aryl methyl sites for hydroxylation is 1. The lowest BCUT2D eigenvalue weighted by Gasteiger charge is -2.20. The van der Waals surface area contributed by atoms with Gasteiger partial charge in [-0.15, -0.1) is 0 Å². The van der Waals surface area contributed by atoms with Crippen LogP contribution < -0.4 is 5.73 Å². The van der Waals surface area contributed by atoms with E-state index in [0.29, 0.717) is 16.0 Å². The number of H-pyrrole nitrogens is 1. The molecule has 2 aromatic rings. The molecular formula is C13H14Cl2N2. The van der Waals surface area contributed by atoms with Crippen molar-refractivity contribution in [1.82, 2.24) is 4.98 Å². The fraction of sp³-hybridized carbons (Fsp3) is 0.385. The van der Waals surface area contributed by atoms with E-state index < -0.39 is 0 Å². The molecule has 1 aliphatic carbocycles. The molecule has 1 aliphatic rings. The maximum absolute atomic E-state index is 6.31. The zero-order valence-electron chi connectivity index (χ0n) is 9.39. The monoisotopic (exact) mass is 268 g/mol. The molecule has 2 nitrogen and oxygen atoms in total. The number of nitrogens with one attached hydrogen (secondary N) is 1. The summed E-state index contributed by atoms with van der Waals surface area (Å²) >= 11 is 12.4. The third-order valence-electron chi connectivity index (χ3n) is 3.68. The Morgan fingerprint density at radius 3 is 2.94 bits per heavy atom. The summed E-state index contributed by atoms with van der Waals surface area (Å²) in [6, 6.07) is 3.84. The van der Waals surface area contributed by atoms with Crippen molar-refractivity contribution in [3.05, 3.63) is 33.4 Å². The summed E-state index contributed by atoms with van der Waals surface area (Å²) in [6.45, 7) is 0.740. The van der Waals surface area contributed by atoms with Crippen LogP contribution in [0.1, 0.15) is 17.7 Å². The molecule has 0 unspecified atom stereocenters. The van der Waals surface area contributed by atoms with Gasteiger partial charge >= 0.3 is 0 Å². The molecule has 1 atom stereocenters. The Hall–Kier alpha value is -0.700. The normalized spacial score (nSPS) is 19.6. The van der Waals surface area contributed by atoms with E-state index in [1.165, 1.54) is 11.3 Å². The van der Waals surface area contributed by atoms with Crippen molar-refractivity contribution in [2.45, 2.75) is 19.3 Å². The Kier molecular flexibility index (Phi) is 2.81. The molecular weight excluding hydrogens is 255 g/mol. The van der Waals surface area contributed by atoms with Gasteiger partial charge in [-0.25, -0.2) is 0 Å². The Bertz CT molecular complexity index is 574. The number of rotatable bonds is 1. The van der Waals surface area contributed by atoms with Crippen molar-refractivity contribution in [3.8, 4) is 0 Å². The van der Waals surface area contributed by atoms with Crippen molar-refractivity contribution >= 4 is 34.1 Å². The maximum atomic E-state index is 6.31. The van der Waals surface area contributed by atoms with Crippen molar-refractivity contribution in [3.63, 3.8) is 0 Å². The number of aromatic amines is 1. The molecule has 17 heavy (non-hydrogen) atoms. The van der Waals surface area contributed by atoms with E-state index in [4.69, 9.17) is 28.9 Å². The van der Waals surface area contributed by atoms with E-state index in [0.717, 1.165) is 36.7 Å². The van der Waals surface area contributed by atoms with Crippen LogP contribution in [0.5, 0.6) is 0 Å². The largest absolute Gasteiger partial charge is 0.358 e. The molecule has 0 radical (unpaired) electrons. The fourth-order valence-electron chi connectivity index (χ4n) is 2.72. The van der Waals surface area contributed by atoms with Crippen LogP contribution in [0.25, 0.3) is 10.9 Å². The molecule has 1 aromatic heterocycles. The van der Waals surface area contributed by atoms with Gasteiger partial charge < -0.3 is 10.7 Å². The van der Waals surface area contributed by atoms with Gasteiger partial charge in [-0.2, -0.15) is 0 Å². The maximum Gasteiger partial charge on any atom is 0.0688 e. The quantitative estimate of drug-likeness (QED) is 0.816. The number of benzene rings is 1. The van der Waals surface area contributed by atoms with Crippen molar-refractivity contribution in [2.24, 2.45) is 11.7 Å². The van der Waals surface area contributed by atoms with Crippen LogP contribution in [-0.4, -0.2) is 11.5 Å². The van der Waals surface area contributed by atoms with Gasteiger partial charge in [0.2, 0.25) is 0 Å². The van der Waals surface area contributed by atoms with E-state index in [9.17, 15) is 0 Å². The molecule has 90 valence electrons. The van der Waals surface area contributed by atoms with E-state index in [-0.39, 0.29) is 0 Å². The fourth-order valence-corrected chi connectivity index (χ4v) is 3.15. The summed E-state index contributed by atoms with van der Waals surface area (Å²) in [4.78, 5) is 3.44. The van der Waals surface area contributed by atoms with Crippen LogP contribution in [0, 0.1) is 5.92 Å². The minimum Gasteiger partial charge on any atom is -0.358 e. The predicted octanol–water partition coefficient (Wildman–Crippen LogP) is 3.54. The molecule has 0 bridgehead atoms. The Morgan fingerprint density at radius 2 is 2.18 bits per heavy atom. The van der Waals surface area contributed by atoms with Crippen LogP contribution in [-0.2, 0) is 12.8 Å². The lowest BCUT2D eigenvalue weighted by atomic mass is 9.86. The second-order valence-corrected chi connectivity index (χ2v) is 5.50. The smallest absolute Gasteiger partial charge is 0.0688 e. The standard InChI is InChI=1S/C13H14Cl2N2/c14-9-2-4-11-12(13(9)15)8-5-7(6-16)1-3-10(8)17-11/h2,4,7,17H,1,3,5-6,16H2/t7-/m0/s1. The number of aromatic nitrogens is 1. The first-order valence-corrected chi connectivity index (χ1v) is 6.63. The highest BCUT2D eigenvalue weighted by atomic mass is 35.5. The molecule has 0 fully saturated rings. The molecule has 1 aromatic carbocycles. The van der Waals surface area contributed by atoms with E-state index in [2.05, 4.69) is 4.98 Å². The van der Waals surface area contributed by atoms with Crippen LogP contribution >= 0.6 is 23.2 Å². The molecule has 0 amide bonds. The van der Waals surface area contributed by atoms with Gasteiger partial charge in [-0.3, -0.25) is 0 Å². The van der Waals surface area contributed by atoms with Crippen LogP contribution in [0.3, 0.4) is 0 Å². The van der Waals surface area contributed by atoms with Gasteiger partial charge in [-0.05, 0) is 49.4 Å². The summed E-state index contributed by atoms with van der Waals surface area (Å²) in [5, 5.41) is 2.38. The summed E-state index contributed by atoms with van der Waals surface area (Å²) in [7, 11) is 0. The minimum atomic E-state index is 0.566. The molecule has 0 spiro atoms. The number of halogens is 2. The van der Waals surface area contributed by atoms with Gasteiger partial charge in [-0.1, -0.05) is 23.2 Å². The van der Waals surface area contributed by atoms with Crippen molar-refractivity contribution in [1.29, 1.82) is 0 Å². The zero-order chi connectivity index (χ0) is 12.0. The Labute approximate surface area is 110 Å². The summed E-state index contributed by atoms with van der Waals surface area (Å²) in [6.07, 6.45) is 3.22.